The number of rotatable bonds is 5. The lowest BCUT2D eigenvalue weighted by atomic mass is 9.96. The number of likely N-dealkylation sites (tertiary alicyclic amines) is 1. The number of hydrogen-bond acceptors (Lipinski definition) is 5. The molecule has 27 heavy (non-hydrogen) atoms. The largest absolute Gasteiger partial charge is 0.521 e. The van der Waals surface area contributed by atoms with Crippen LogP contribution in [0.4, 0.5) is 4.79 Å². The van der Waals surface area contributed by atoms with Crippen LogP contribution in [-0.2, 0) is 9.59 Å². The van der Waals surface area contributed by atoms with Crippen LogP contribution in [0.1, 0.15) is 44.0 Å². The minimum Gasteiger partial charge on any atom is -0.435 e. The fraction of sp³-hybridized carbons (Fsp3) is 0.474. The van der Waals surface area contributed by atoms with Crippen molar-refractivity contribution >= 4 is 50.6 Å². The van der Waals surface area contributed by atoms with Gasteiger partial charge in [0.2, 0.25) is 0 Å². The molecule has 0 saturated carbocycles. The van der Waals surface area contributed by atoms with E-state index in [0.29, 0.717) is 18.4 Å². The van der Waals surface area contributed by atoms with Crippen molar-refractivity contribution in [2.24, 2.45) is 5.92 Å². The number of carbonyl (C=O) groups excluding carboxylic acids is 3. The first-order chi connectivity index (χ1) is 12.6. The van der Waals surface area contributed by atoms with E-state index in [9.17, 15) is 24.3 Å². The lowest BCUT2D eigenvalue weighted by molar-refractivity contribution is -0.794. The van der Waals surface area contributed by atoms with Crippen molar-refractivity contribution < 1.29 is 28.8 Å². The molecule has 1 saturated heterocycles. The molecule has 1 N–H and O–H groups in total. The average molecular weight is 457 g/mol. The predicted octanol–water partition coefficient (Wildman–Crippen LogP) is 4.12. The topological polar surface area (TPSA) is 88.5 Å². The summed E-state index contributed by atoms with van der Waals surface area (Å²) in [6.07, 6.45) is 0.0760. The summed E-state index contributed by atoms with van der Waals surface area (Å²) in [4.78, 5) is 50.0. The zero-order valence-electron chi connectivity index (χ0n) is 15.5. The number of imide groups is 1. The summed E-state index contributed by atoms with van der Waals surface area (Å²) in [6.45, 7) is 4.84. The number of nitrogens with zero attached hydrogens (tertiary/aromatic N) is 1. The Morgan fingerprint density at radius 1 is 1.22 bits per heavy atom. The lowest BCUT2D eigenvalue weighted by Gasteiger charge is -2.33. The van der Waals surface area contributed by atoms with Crippen LogP contribution < -0.4 is 0 Å². The molecule has 0 radical (unpaired) electrons. The maximum Gasteiger partial charge on any atom is 0.521 e. The van der Waals surface area contributed by atoms with Crippen LogP contribution in [0.15, 0.2) is 28.7 Å². The van der Waals surface area contributed by atoms with Gasteiger partial charge in [-0.1, -0.05) is 39.8 Å². The van der Waals surface area contributed by atoms with Crippen molar-refractivity contribution in [1.82, 2.24) is 0 Å². The molecule has 1 aromatic carbocycles. The standard InChI is InChI=1S/C19H22BrNO5S/c1-11-5-4-10-21(11,19(25)26)18(24)12(2)17(27-13(3)22)16(23)14-6-8-15(20)9-7-14/h6-9,11-12,17H,4-5,10H2,1-3H3/p+1/t11?,12?,17-,21+/m1/s1. The molecule has 1 fully saturated rings. The highest BCUT2D eigenvalue weighted by Gasteiger charge is 2.56. The van der Waals surface area contributed by atoms with Gasteiger partial charge in [0.1, 0.15) is 6.04 Å². The van der Waals surface area contributed by atoms with E-state index in [1.165, 1.54) is 6.92 Å². The van der Waals surface area contributed by atoms with Crippen LogP contribution in [0.3, 0.4) is 0 Å². The van der Waals surface area contributed by atoms with E-state index >= 15 is 0 Å². The maximum atomic E-state index is 13.2. The summed E-state index contributed by atoms with van der Waals surface area (Å²) >= 11 is 4.10. The lowest BCUT2D eigenvalue weighted by Crippen LogP contribution is -2.61. The Kier molecular flexibility index (Phi) is 6.99. The molecule has 4 atom stereocenters. The summed E-state index contributed by atoms with van der Waals surface area (Å²) in [7, 11) is 0. The third-order valence-corrected chi connectivity index (χ3v) is 6.88. The number of quaternary nitrogens is 1. The Hall–Kier alpha value is -1.51. The number of carboxylic acid groups (broad SMARTS) is 1. The molecule has 0 aliphatic carbocycles. The first-order valence-corrected chi connectivity index (χ1v) is 10.4. The zero-order valence-corrected chi connectivity index (χ0v) is 17.9. The first-order valence-electron chi connectivity index (χ1n) is 8.74. The molecular formula is C19H23BrNO5S+. The van der Waals surface area contributed by atoms with E-state index in [4.69, 9.17) is 0 Å². The van der Waals surface area contributed by atoms with Gasteiger partial charge in [0, 0.05) is 29.8 Å². The van der Waals surface area contributed by atoms with Gasteiger partial charge in [-0.25, -0.2) is 4.79 Å². The quantitative estimate of drug-likeness (QED) is 0.529. The van der Waals surface area contributed by atoms with Crippen molar-refractivity contribution in [2.75, 3.05) is 6.54 Å². The molecule has 1 aliphatic rings. The number of thioether (sulfide) groups is 1. The first kappa shape index (κ1) is 21.8. The Morgan fingerprint density at radius 3 is 2.26 bits per heavy atom. The van der Waals surface area contributed by atoms with E-state index in [1.807, 2.05) is 0 Å². The van der Waals surface area contributed by atoms with Gasteiger partial charge in [0.05, 0.1) is 17.7 Å². The van der Waals surface area contributed by atoms with Crippen LogP contribution in [0.25, 0.3) is 0 Å². The van der Waals surface area contributed by atoms with Crippen molar-refractivity contribution in [3.8, 4) is 0 Å². The van der Waals surface area contributed by atoms with Crippen LogP contribution in [0, 0.1) is 5.92 Å². The van der Waals surface area contributed by atoms with Crippen molar-refractivity contribution in [3.63, 3.8) is 0 Å². The second-order valence-electron chi connectivity index (χ2n) is 6.89. The molecule has 1 aliphatic heterocycles. The molecule has 6 nitrogen and oxygen atoms in total. The van der Waals surface area contributed by atoms with E-state index in [1.54, 1.807) is 38.1 Å². The molecule has 146 valence electrons. The SMILES string of the molecule is CC(=O)S[C@@H](C(=O)c1ccc(Br)cc1)C(C)C(=O)[N@+]1(C(=O)O)CCCC1C. The number of Topliss-reactive ketones (excluding diaryl/α,β-unsaturated/α-hetero) is 1. The minimum absolute atomic E-state index is 0.212. The third-order valence-electron chi connectivity index (χ3n) is 5.14. The van der Waals surface area contributed by atoms with Gasteiger partial charge in [0.25, 0.3) is 0 Å². The number of carbonyl (C=O) groups is 4. The van der Waals surface area contributed by atoms with Gasteiger partial charge in [-0.05, 0) is 26.0 Å². The van der Waals surface area contributed by atoms with Gasteiger partial charge in [0.15, 0.2) is 10.9 Å². The molecule has 2 rings (SSSR count). The third kappa shape index (κ3) is 4.33. The van der Waals surface area contributed by atoms with E-state index in [-0.39, 0.29) is 23.5 Å². The molecule has 0 spiro atoms. The average Bonchev–Trinajstić information content (AvgIpc) is 3.01. The second kappa shape index (κ2) is 8.67. The number of amides is 2. The second-order valence-corrected chi connectivity index (χ2v) is 9.13. The Morgan fingerprint density at radius 2 is 1.81 bits per heavy atom. The van der Waals surface area contributed by atoms with Crippen LogP contribution in [0.5, 0.6) is 0 Å². The fourth-order valence-corrected chi connectivity index (χ4v) is 4.80. The molecule has 2 amide bonds. The van der Waals surface area contributed by atoms with E-state index < -0.39 is 27.7 Å². The van der Waals surface area contributed by atoms with E-state index in [0.717, 1.165) is 16.2 Å². The minimum atomic E-state index is -1.19. The predicted molar refractivity (Wildman–Crippen MR) is 107 cm³/mol. The van der Waals surface area contributed by atoms with Gasteiger partial charge >= 0.3 is 12.0 Å². The van der Waals surface area contributed by atoms with Gasteiger partial charge in [-0.15, -0.1) is 0 Å². The van der Waals surface area contributed by atoms with Crippen LogP contribution in [0.2, 0.25) is 0 Å². The monoisotopic (exact) mass is 456 g/mol. The van der Waals surface area contributed by atoms with Crippen molar-refractivity contribution in [2.45, 2.75) is 44.9 Å². The number of benzene rings is 1. The molecular weight excluding hydrogens is 434 g/mol. The summed E-state index contributed by atoms with van der Waals surface area (Å²) < 4.78 is 0.129. The molecule has 1 aromatic rings. The summed E-state index contributed by atoms with van der Waals surface area (Å²) in [5.74, 6) is -1.78. The van der Waals surface area contributed by atoms with Crippen LogP contribution in [-0.4, -0.2) is 50.3 Å². The van der Waals surface area contributed by atoms with Gasteiger partial charge < -0.3 is 5.11 Å². The smallest absolute Gasteiger partial charge is 0.435 e. The Labute approximate surface area is 171 Å². The highest BCUT2D eigenvalue weighted by atomic mass is 79.9. The molecule has 0 bridgehead atoms. The van der Waals surface area contributed by atoms with Gasteiger partial charge in [-0.2, -0.15) is 9.28 Å². The number of ketones is 1. The molecule has 0 aromatic heterocycles. The highest BCUT2D eigenvalue weighted by Crippen LogP contribution is 2.34. The van der Waals surface area contributed by atoms with Crippen LogP contribution >= 0.6 is 27.7 Å². The zero-order chi connectivity index (χ0) is 20.4. The molecule has 8 heteroatoms. The normalized spacial score (nSPS) is 24.2. The summed E-state index contributed by atoms with van der Waals surface area (Å²) in [5.41, 5.74) is 0.382. The van der Waals surface area contributed by atoms with Gasteiger partial charge in [-0.3, -0.25) is 9.59 Å². The fourth-order valence-electron chi connectivity index (χ4n) is 3.62. The Bertz CT molecular complexity index is 766. The Balaban J connectivity index is 2.39. The maximum absolute atomic E-state index is 13.2. The molecule has 1 heterocycles. The summed E-state index contributed by atoms with van der Waals surface area (Å²) in [6, 6.07) is 6.31. The summed E-state index contributed by atoms with van der Waals surface area (Å²) in [5, 5.41) is 8.54. The van der Waals surface area contributed by atoms with Crippen molar-refractivity contribution in [1.29, 1.82) is 0 Å². The van der Waals surface area contributed by atoms with E-state index in [2.05, 4.69) is 15.9 Å². The highest BCUT2D eigenvalue weighted by molar-refractivity contribution is 9.10. The number of hydrogen-bond donors (Lipinski definition) is 1. The molecule has 2 unspecified atom stereocenters. The van der Waals surface area contributed by atoms with Crippen molar-refractivity contribution in [3.05, 3.63) is 34.3 Å². The number of halogens is 1.